The summed E-state index contributed by atoms with van der Waals surface area (Å²) in [5, 5.41) is 12.3. The van der Waals surface area contributed by atoms with Crippen LogP contribution < -0.4 is 5.32 Å². The fourth-order valence-electron chi connectivity index (χ4n) is 1.12. The number of nitrogens with zero attached hydrogens (tertiary/aromatic N) is 1. The van der Waals surface area contributed by atoms with Gasteiger partial charge in [0.05, 0.1) is 6.07 Å². The first kappa shape index (κ1) is 11.4. The lowest BCUT2D eigenvalue weighted by Gasteiger charge is -2.29. The van der Waals surface area contributed by atoms with Crippen molar-refractivity contribution in [3.8, 4) is 6.07 Å². The average molecular weight is 168 g/mol. The summed E-state index contributed by atoms with van der Waals surface area (Å²) in [4.78, 5) is 0. The standard InChI is InChI=1S/C10H20N2/c1-5-7-12-10(4,8-11)9(3)6-2/h9,12H,5-7H2,1-4H3. The van der Waals surface area contributed by atoms with Crippen LogP contribution in [-0.2, 0) is 0 Å². The molecule has 0 saturated heterocycles. The number of nitrogens with one attached hydrogen (secondary N) is 1. The molecule has 0 radical (unpaired) electrons. The second-order valence-electron chi connectivity index (χ2n) is 3.55. The van der Waals surface area contributed by atoms with Crippen LogP contribution in [0.25, 0.3) is 0 Å². The molecule has 0 aliphatic carbocycles. The van der Waals surface area contributed by atoms with Gasteiger partial charge in [-0.25, -0.2) is 0 Å². The van der Waals surface area contributed by atoms with Crippen LogP contribution in [0.1, 0.15) is 40.5 Å². The van der Waals surface area contributed by atoms with Crippen LogP contribution in [-0.4, -0.2) is 12.1 Å². The molecule has 2 heteroatoms. The van der Waals surface area contributed by atoms with Crippen molar-refractivity contribution in [3.05, 3.63) is 0 Å². The molecule has 0 saturated carbocycles. The molecule has 2 unspecified atom stereocenters. The van der Waals surface area contributed by atoms with Gasteiger partial charge in [0.2, 0.25) is 0 Å². The lowest BCUT2D eigenvalue weighted by molar-refractivity contribution is 0.310. The average Bonchev–Trinajstić information content (AvgIpc) is 2.12. The van der Waals surface area contributed by atoms with Gasteiger partial charge in [-0.2, -0.15) is 5.26 Å². The summed E-state index contributed by atoms with van der Waals surface area (Å²) in [5.41, 5.74) is -0.342. The third-order valence-corrected chi connectivity index (χ3v) is 2.57. The fourth-order valence-corrected chi connectivity index (χ4v) is 1.12. The molecule has 0 rings (SSSR count). The highest BCUT2D eigenvalue weighted by atomic mass is 15.0. The minimum absolute atomic E-state index is 0.342. The van der Waals surface area contributed by atoms with Crippen molar-refractivity contribution in [1.82, 2.24) is 5.32 Å². The Bertz CT molecular complexity index is 160. The highest BCUT2D eigenvalue weighted by Gasteiger charge is 2.28. The van der Waals surface area contributed by atoms with Crippen LogP contribution in [0.15, 0.2) is 0 Å². The molecular weight excluding hydrogens is 148 g/mol. The molecule has 0 fully saturated rings. The Hall–Kier alpha value is -0.550. The zero-order valence-corrected chi connectivity index (χ0v) is 8.65. The Morgan fingerprint density at radius 2 is 2.08 bits per heavy atom. The summed E-state index contributed by atoms with van der Waals surface area (Å²) in [7, 11) is 0. The van der Waals surface area contributed by atoms with Gasteiger partial charge >= 0.3 is 0 Å². The largest absolute Gasteiger partial charge is 0.299 e. The SMILES string of the molecule is CCCNC(C)(C#N)C(C)CC. The molecule has 0 aromatic heterocycles. The molecule has 0 heterocycles. The summed E-state index contributed by atoms with van der Waals surface area (Å²) in [6.45, 7) is 9.26. The molecule has 0 aromatic rings. The predicted molar refractivity (Wildman–Crippen MR) is 51.8 cm³/mol. The van der Waals surface area contributed by atoms with Crippen molar-refractivity contribution in [1.29, 1.82) is 5.26 Å². The molecule has 2 nitrogen and oxygen atoms in total. The minimum Gasteiger partial charge on any atom is -0.299 e. The Morgan fingerprint density at radius 1 is 1.50 bits per heavy atom. The molecule has 0 amide bonds. The molecule has 0 spiro atoms. The number of nitriles is 1. The maximum Gasteiger partial charge on any atom is 0.106 e. The van der Waals surface area contributed by atoms with E-state index in [9.17, 15) is 0 Å². The van der Waals surface area contributed by atoms with Gasteiger partial charge in [0.1, 0.15) is 5.54 Å². The first-order valence-electron chi connectivity index (χ1n) is 4.77. The van der Waals surface area contributed by atoms with Gasteiger partial charge in [0, 0.05) is 0 Å². The van der Waals surface area contributed by atoms with Gasteiger partial charge in [-0.15, -0.1) is 0 Å². The molecule has 12 heavy (non-hydrogen) atoms. The predicted octanol–water partition coefficient (Wildman–Crippen LogP) is 2.31. The highest BCUT2D eigenvalue weighted by Crippen LogP contribution is 2.18. The fraction of sp³-hybridized carbons (Fsp3) is 0.900. The molecule has 0 bridgehead atoms. The first-order valence-corrected chi connectivity index (χ1v) is 4.77. The Labute approximate surface area is 76.0 Å². The van der Waals surface area contributed by atoms with Gasteiger partial charge in [0.15, 0.2) is 0 Å². The van der Waals surface area contributed by atoms with E-state index in [0.717, 1.165) is 19.4 Å². The van der Waals surface area contributed by atoms with Crippen molar-refractivity contribution < 1.29 is 0 Å². The lowest BCUT2D eigenvalue weighted by Crippen LogP contribution is -2.46. The van der Waals surface area contributed by atoms with E-state index in [1.807, 2.05) is 6.92 Å². The Kier molecular flexibility index (Phi) is 4.92. The number of hydrogen-bond acceptors (Lipinski definition) is 2. The number of rotatable bonds is 5. The summed E-state index contributed by atoms with van der Waals surface area (Å²) in [5.74, 6) is 0.411. The maximum atomic E-state index is 9.00. The van der Waals surface area contributed by atoms with Crippen LogP contribution in [0.2, 0.25) is 0 Å². The third-order valence-electron chi connectivity index (χ3n) is 2.57. The van der Waals surface area contributed by atoms with E-state index in [4.69, 9.17) is 5.26 Å². The van der Waals surface area contributed by atoms with E-state index >= 15 is 0 Å². The Morgan fingerprint density at radius 3 is 2.42 bits per heavy atom. The summed E-state index contributed by atoms with van der Waals surface area (Å²) in [6.07, 6.45) is 2.12. The Balaban J connectivity index is 4.16. The molecule has 1 N–H and O–H groups in total. The molecule has 0 aliphatic heterocycles. The molecule has 0 aromatic carbocycles. The molecule has 70 valence electrons. The zero-order valence-electron chi connectivity index (χ0n) is 8.65. The first-order chi connectivity index (χ1) is 5.60. The van der Waals surface area contributed by atoms with Crippen LogP contribution in [0.5, 0.6) is 0 Å². The minimum atomic E-state index is -0.342. The van der Waals surface area contributed by atoms with Gasteiger partial charge in [0.25, 0.3) is 0 Å². The topological polar surface area (TPSA) is 35.8 Å². The van der Waals surface area contributed by atoms with Crippen molar-refractivity contribution >= 4 is 0 Å². The third kappa shape index (κ3) is 2.83. The van der Waals surface area contributed by atoms with E-state index in [0.29, 0.717) is 5.92 Å². The molecule has 2 atom stereocenters. The second-order valence-corrected chi connectivity index (χ2v) is 3.55. The van der Waals surface area contributed by atoms with Crippen molar-refractivity contribution in [3.63, 3.8) is 0 Å². The van der Waals surface area contributed by atoms with E-state index in [-0.39, 0.29) is 5.54 Å². The normalized spacial score (nSPS) is 17.9. The van der Waals surface area contributed by atoms with Gasteiger partial charge < -0.3 is 0 Å². The van der Waals surface area contributed by atoms with Crippen molar-refractivity contribution in [2.24, 2.45) is 5.92 Å². The molecular formula is C10H20N2. The van der Waals surface area contributed by atoms with Crippen molar-refractivity contribution in [2.75, 3.05) is 6.54 Å². The van der Waals surface area contributed by atoms with E-state index in [1.54, 1.807) is 0 Å². The molecule has 0 aliphatic rings. The number of hydrogen-bond donors (Lipinski definition) is 1. The van der Waals surface area contributed by atoms with Gasteiger partial charge in [-0.05, 0) is 25.8 Å². The lowest BCUT2D eigenvalue weighted by atomic mass is 9.86. The second kappa shape index (κ2) is 5.16. The van der Waals surface area contributed by atoms with Crippen LogP contribution in [0.3, 0.4) is 0 Å². The van der Waals surface area contributed by atoms with E-state index in [1.165, 1.54) is 0 Å². The van der Waals surface area contributed by atoms with Crippen LogP contribution >= 0.6 is 0 Å². The maximum absolute atomic E-state index is 9.00. The van der Waals surface area contributed by atoms with Crippen LogP contribution in [0.4, 0.5) is 0 Å². The smallest absolute Gasteiger partial charge is 0.106 e. The van der Waals surface area contributed by atoms with Crippen LogP contribution in [0, 0.1) is 17.2 Å². The van der Waals surface area contributed by atoms with E-state index in [2.05, 4.69) is 32.2 Å². The monoisotopic (exact) mass is 168 g/mol. The van der Waals surface area contributed by atoms with E-state index < -0.39 is 0 Å². The van der Waals surface area contributed by atoms with Gasteiger partial charge in [-0.3, -0.25) is 5.32 Å². The summed E-state index contributed by atoms with van der Waals surface area (Å²) < 4.78 is 0. The van der Waals surface area contributed by atoms with Crippen molar-refractivity contribution in [2.45, 2.75) is 46.1 Å². The summed E-state index contributed by atoms with van der Waals surface area (Å²) in [6, 6.07) is 2.35. The van der Waals surface area contributed by atoms with Gasteiger partial charge in [-0.1, -0.05) is 27.2 Å². The quantitative estimate of drug-likeness (QED) is 0.683. The highest BCUT2D eigenvalue weighted by molar-refractivity contribution is 5.06. The zero-order chi connectivity index (χ0) is 9.61. The summed E-state index contributed by atoms with van der Waals surface area (Å²) >= 11 is 0.